The Kier molecular flexibility index (Phi) is 3.23. The number of rotatable bonds is 2. The molecule has 0 amide bonds. The standard InChI is InChI=1S/C16H18N6/c17-12-5-4-8-21(10-12)15-14-9-20-22(16(14)19-11-18-15)13-6-2-1-3-7-13/h1-3,6-7,9,11-12H,4-5,8,10,17H2/t12-/m1/s1. The molecule has 1 atom stereocenters. The van der Waals surface area contributed by atoms with E-state index >= 15 is 0 Å². The lowest BCUT2D eigenvalue weighted by molar-refractivity contribution is 0.504. The first kappa shape index (κ1) is 13.2. The number of benzene rings is 1. The molecule has 1 aliphatic heterocycles. The Morgan fingerprint density at radius 1 is 1.14 bits per heavy atom. The normalized spacial score (nSPS) is 18.8. The van der Waals surface area contributed by atoms with Gasteiger partial charge in [-0.25, -0.2) is 14.6 Å². The molecule has 0 bridgehead atoms. The molecule has 2 N–H and O–H groups in total. The first-order chi connectivity index (χ1) is 10.8. The maximum Gasteiger partial charge on any atom is 0.168 e. The molecule has 1 aromatic carbocycles. The molecular weight excluding hydrogens is 276 g/mol. The molecule has 22 heavy (non-hydrogen) atoms. The van der Waals surface area contributed by atoms with Gasteiger partial charge in [0.1, 0.15) is 12.1 Å². The van der Waals surface area contributed by atoms with Crippen LogP contribution in [0.4, 0.5) is 5.82 Å². The van der Waals surface area contributed by atoms with Gasteiger partial charge in [0.05, 0.1) is 17.3 Å². The van der Waals surface area contributed by atoms with Crippen LogP contribution in [0.15, 0.2) is 42.9 Å². The third kappa shape index (κ3) is 2.21. The average molecular weight is 294 g/mol. The summed E-state index contributed by atoms with van der Waals surface area (Å²) in [7, 11) is 0. The first-order valence-corrected chi connectivity index (χ1v) is 7.57. The minimum Gasteiger partial charge on any atom is -0.354 e. The number of aromatic nitrogens is 4. The summed E-state index contributed by atoms with van der Waals surface area (Å²) in [5.41, 5.74) is 7.92. The minimum absolute atomic E-state index is 0.211. The smallest absolute Gasteiger partial charge is 0.168 e. The highest BCUT2D eigenvalue weighted by atomic mass is 15.3. The zero-order valence-electron chi connectivity index (χ0n) is 12.3. The summed E-state index contributed by atoms with van der Waals surface area (Å²) < 4.78 is 1.85. The van der Waals surface area contributed by atoms with Crippen LogP contribution in [0.2, 0.25) is 0 Å². The topological polar surface area (TPSA) is 72.9 Å². The number of para-hydroxylation sites is 1. The zero-order chi connectivity index (χ0) is 14.9. The van der Waals surface area contributed by atoms with Crippen LogP contribution in [0.3, 0.4) is 0 Å². The van der Waals surface area contributed by atoms with Gasteiger partial charge in [-0.2, -0.15) is 5.10 Å². The van der Waals surface area contributed by atoms with Crippen LogP contribution >= 0.6 is 0 Å². The van der Waals surface area contributed by atoms with E-state index in [1.807, 2.05) is 41.2 Å². The SMILES string of the molecule is N[C@@H]1CCCN(c2ncnc3c2cnn3-c2ccccc2)C1. The van der Waals surface area contributed by atoms with Crippen molar-refractivity contribution in [3.8, 4) is 5.69 Å². The fourth-order valence-electron chi connectivity index (χ4n) is 3.04. The Balaban J connectivity index is 1.80. The second-order valence-corrected chi connectivity index (χ2v) is 5.67. The lowest BCUT2D eigenvalue weighted by atomic mass is 10.1. The summed E-state index contributed by atoms with van der Waals surface area (Å²) in [4.78, 5) is 11.1. The van der Waals surface area contributed by atoms with Crippen molar-refractivity contribution >= 4 is 16.9 Å². The Morgan fingerprint density at radius 2 is 2.00 bits per heavy atom. The number of hydrogen-bond donors (Lipinski definition) is 1. The largest absolute Gasteiger partial charge is 0.354 e. The Labute approximate surface area is 128 Å². The molecule has 1 aliphatic rings. The van der Waals surface area contributed by atoms with Crippen molar-refractivity contribution in [3.05, 3.63) is 42.9 Å². The van der Waals surface area contributed by atoms with Gasteiger partial charge >= 0.3 is 0 Å². The van der Waals surface area contributed by atoms with Gasteiger partial charge in [-0.15, -0.1) is 0 Å². The van der Waals surface area contributed by atoms with E-state index < -0.39 is 0 Å². The van der Waals surface area contributed by atoms with Crippen molar-refractivity contribution in [2.45, 2.75) is 18.9 Å². The summed E-state index contributed by atoms with van der Waals surface area (Å²) in [6.07, 6.45) is 5.63. The highest BCUT2D eigenvalue weighted by Crippen LogP contribution is 2.26. The van der Waals surface area contributed by atoms with Crippen LogP contribution in [-0.4, -0.2) is 38.9 Å². The van der Waals surface area contributed by atoms with Gasteiger partial charge in [0.25, 0.3) is 0 Å². The molecule has 0 radical (unpaired) electrons. The monoisotopic (exact) mass is 294 g/mol. The van der Waals surface area contributed by atoms with Crippen LogP contribution < -0.4 is 10.6 Å². The van der Waals surface area contributed by atoms with E-state index in [2.05, 4.69) is 20.0 Å². The molecule has 6 nitrogen and oxygen atoms in total. The highest BCUT2D eigenvalue weighted by Gasteiger charge is 2.21. The zero-order valence-corrected chi connectivity index (χ0v) is 12.3. The van der Waals surface area contributed by atoms with Crippen LogP contribution in [0.25, 0.3) is 16.7 Å². The molecule has 1 fully saturated rings. The first-order valence-electron chi connectivity index (χ1n) is 7.57. The van der Waals surface area contributed by atoms with Gasteiger partial charge in [0.2, 0.25) is 0 Å². The molecule has 4 rings (SSSR count). The third-order valence-electron chi connectivity index (χ3n) is 4.10. The van der Waals surface area contributed by atoms with Gasteiger partial charge in [0, 0.05) is 19.1 Å². The third-order valence-corrected chi connectivity index (χ3v) is 4.10. The average Bonchev–Trinajstić information content (AvgIpc) is 2.99. The fourth-order valence-corrected chi connectivity index (χ4v) is 3.04. The molecule has 3 aromatic rings. The molecule has 0 aliphatic carbocycles. The summed E-state index contributed by atoms with van der Waals surface area (Å²) in [6, 6.07) is 10.2. The summed E-state index contributed by atoms with van der Waals surface area (Å²) in [6.45, 7) is 1.82. The summed E-state index contributed by atoms with van der Waals surface area (Å²) in [5, 5.41) is 5.47. The van der Waals surface area contributed by atoms with E-state index in [4.69, 9.17) is 5.73 Å². The van der Waals surface area contributed by atoms with Crippen LogP contribution in [-0.2, 0) is 0 Å². The van der Waals surface area contributed by atoms with Crippen molar-refractivity contribution in [2.24, 2.45) is 5.73 Å². The lowest BCUT2D eigenvalue weighted by Gasteiger charge is -2.31. The van der Waals surface area contributed by atoms with Crippen LogP contribution in [0.5, 0.6) is 0 Å². The van der Waals surface area contributed by atoms with E-state index in [0.29, 0.717) is 0 Å². The predicted octanol–water partition coefficient (Wildman–Crippen LogP) is 1.74. The molecule has 0 saturated carbocycles. The summed E-state index contributed by atoms with van der Waals surface area (Å²) in [5.74, 6) is 0.933. The molecule has 112 valence electrons. The fraction of sp³-hybridized carbons (Fsp3) is 0.312. The van der Waals surface area contributed by atoms with Crippen molar-refractivity contribution in [1.82, 2.24) is 19.7 Å². The second kappa shape index (κ2) is 5.38. The maximum absolute atomic E-state index is 6.10. The second-order valence-electron chi connectivity index (χ2n) is 5.67. The Bertz CT molecular complexity index is 782. The van der Waals surface area contributed by atoms with E-state index in [0.717, 1.165) is 48.5 Å². The van der Waals surface area contributed by atoms with Crippen LogP contribution in [0, 0.1) is 0 Å². The number of anilines is 1. The number of fused-ring (bicyclic) bond motifs is 1. The van der Waals surface area contributed by atoms with Crippen molar-refractivity contribution in [2.75, 3.05) is 18.0 Å². The Morgan fingerprint density at radius 3 is 2.82 bits per heavy atom. The van der Waals surface area contributed by atoms with Gasteiger partial charge in [-0.3, -0.25) is 0 Å². The minimum atomic E-state index is 0.211. The number of hydrogen-bond acceptors (Lipinski definition) is 5. The summed E-state index contributed by atoms with van der Waals surface area (Å²) >= 11 is 0. The van der Waals surface area contributed by atoms with Crippen LogP contribution in [0.1, 0.15) is 12.8 Å². The molecular formula is C16H18N6. The van der Waals surface area contributed by atoms with E-state index in [1.165, 1.54) is 0 Å². The van der Waals surface area contributed by atoms with Crippen molar-refractivity contribution in [3.63, 3.8) is 0 Å². The number of piperidine rings is 1. The van der Waals surface area contributed by atoms with E-state index in [1.54, 1.807) is 6.33 Å². The Hall–Kier alpha value is -2.47. The van der Waals surface area contributed by atoms with E-state index in [-0.39, 0.29) is 6.04 Å². The van der Waals surface area contributed by atoms with Gasteiger partial charge in [-0.05, 0) is 25.0 Å². The van der Waals surface area contributed by atoms with Gasteiger partial charge in [-0.1, -0.05) is 18.2 Å². The molecule has 0 unspecified atom stereocenters. The maximum atomic E-state index is 6.10. The van der Waals surface area contributed by atoms with E-state index in [9.17, 15) is 0 Å². The molecule has 2 aromatic heterocycles. The quantitative estimate of drug-likeness (QED) is 0.779. The van der Waals surface area contributed by atoms with Crippen molar-refractivity contribution < 1.29 is 0 Å². The highest BCUT2D eigenvalue weighted by molar-refractivity contribution is 5.87. The number of nitrogens with zero attached hydrogens (tertiary/aromatic N) is 5. The predicted molar refractivity (Wildman–Crippen MR) is 86.1 cm³/mol. The lowest BCUT2D eigenvalue weighted by Crippen LogP contribution is -2.43. The van der Waals surface area contributed by atoms with Crippen molar-refractivity contribution in [1.29, 1.82) is 0 Å². The number of nitrogens with two attached hydrogens (primary N) is 1. The van der Waals surface area contributed by atoms with Gasteiger partial charge in [0.15, 0.2) is 5.65 Å². The molecule has 0 spiro atoms. The van der Waals surface area contributed by atoms with Gasteiger partial charge < -0.3 is 10.6 Å². The molecule has 3 heterocycles. The molecule has 1 saturated heterocycles. The molecule has 6 heteroatoms.